The Kier molecular flexibility index (Phi) is 3.66. The lowest BCUT2D eigenvalue weighted by Crippen LogP contribution is -2.22. The van der Waals surface area contributed by atoms with Crippen LogP contribution in [0.5, 0.6) is 0 Å². The van der Waals surface area contributed by atoms with Gasteiger partial charge in [-0.25, -0.2) is 0 Å². The van der Waals surface area contributed by atoms with Crippen molar-refractivity contribution in [3.63, 3.8) is 0 Å². The van der Waals surface area contributed by atoms with Crippen molar-refractivity contribution in [2.24, 2.45) is 0 Å². The topological polar surface area (TPSA) is 12.0 Å². The van der Waals surface area contributed by atoms with Gasteiger partial charge in [-0.2, -0.15) is 0 Å². The minimum absolute atomic E-state index is 0.408. The third kappa shape index (κ3) is 2.71. The third-order valence-electron chi connectivity index (χ3n) is 3.82. The molecule has 2 aromatic rings. The summed E-state index contributed by atoms with van der Waals surface area (Å²) in [6.07, 6.45) is 2.30. The lowest BCUT2D eigenvalue weighted by Gasteiger charge is -2.19. The molecule has 1 aliphatic rings. The Hall–Kier alpha value is -0.830. The minimum atomic E-state index is 0.408. The van der Waals surface area contributed by atoms with E-state index >= 15 is 0 Å². The van der Waals surface area contributed by atoms with Crippen LogP contribution in [-0.2, 0) is 6.42 Å². The molecular formula is C16H18ClNS. The van der Waals surface area contributed by atoms with E-state index in [1.807, 2.05) is 17.4 Å². The lowest BCUT2D eigenvalue weighted by molar-refractivity contribution is 0.469. The molecule has 100 valence electrons. The van der Waals surface area contributed by atoms with Crippen LogP contribution in [0.1, 0.15) is 46.3 Å². The molecule has 3 rings (SSSR count). The van der Waals surface area contributed by atoms with Crippen LogP contribution in [0, 0.1) is 6.92 Å². The molecule has 1 aromatic carbocycles. The zero-order chi connectivity index (χ0) is 13.4. The molecule has 1 N–H and O–H groups in total. The summed E-state index contributed by atoms with van der Waals surface area (Å²) < 4.78 is 0. The molecular weight excluding hydrogens is 274 g/mol. The summed E-state index contributed by atoms with van der Waals surface area (Å²) in [5.41, 5.74) is 2.82. The Labute approximate surface area is 123 Å². The second-order valence-electron chi connectivity index (χ2n) is 5.27. The Balaban J connectivity index is 1.76. The van der Waals surface area contributed by atoms with Crippen molar-refractivity contribution in [3.05, 3.63) is 56.2 Å². The Morgan fingerprint density at radius 1 is 1.32 bits per heavy atom. The maximum absolute atomic E-state index is 6.06. The van der Waals surface area contributed by atoms with Gasteiger partial charge >= 0.3 is 0 Å². The molecule has 1 aliphatic carbocycles. The van der Waals surface area contributed by atoms with Crippen LogP contribution in [0.4, 0.5) is 0 Å². The van der Waals surface area contributed by atoms with Gasteiger partial charge in [-0.1, -0.05) is 17.7 Å². The monoisotopic (exact) mass is 291 g/mol. The molecule has 0 bridgehead atoms. The van der Waals surface area contributed by atoms with Crippen molar-refractivity contribution in [1.82, 2.24) is 5.32 Å². The van der Waals surface area contributed by atoms with Crippen LogP contribution in [0.25, 0.3) is 0 Å². The van der Waals surface area contributed by atoms with E-state index in [0.29, 0.717) is 12.1 Å². The fourth-order valence-corrected chi connectivity index (χ4v) is 3.91. The first-order valence-corrected chi connectivity index (χ1v) is 7.93. The molecule has 1 aromatic heterocycles. The second kappa shape index (κ2) is 5.28. The van der Waals surface area contributed by atoms with E-state index in [0.717, 1.165) is 11.4 Å². The predicted octanol–water partition coefficient (Wildman–Crippen LogP) is 5.05. The Morgan fingerprint density at radius 2 is 2.16 bits per heavy atom. The van der Waals surface area contributed by atoms with Crippen LogP contribution in [0.3, 0.4) is 0 Å². The van der Waals surface area contributed by atoms with Crippen molar-refractivity contribution in [2.75, 3.05) is 0 Å². The maximum atomic E-state index is 6.06. The SMILES string of the molecule is Cc1ccc(C(C)NC2CCc3cc(Cl)ccc32)s1. The lowest BCUT2D eigenvalue weighted by atomic mass is 10.1. The fraction of sp³-hybridized carbons (Fsp3) is 0.375. The molecule has 0 saturated carbocycles. The highest BCUT2D eigenvalue weighted by Crippen LogP contribution is 2.35. The normalized spacial score (nSPS) is 19.4. The number of rotatable bonds is 3. The first-order valence-electron chi connectivity index (χ1n) is 6.74. The molecule has 19 heavy (non-hydrogen) atoms. The fourth-order valence-electron chi connectivity index (χ4n) is 2.83. The van der Waals surface area contributed by atoms with Crippen molar-refractivity contribution in [3.8, 4) is 0 Å². The second-order valence-corrected chi connectivity index (χ2v) is 7.03. The summed E-state index contributed by atoms with van der Waals surface area (Å²) >= 11 is 7.94. The van der Waals surface area contributed by atoms with Crippen molar-refractivity contribution in [1.29, 1.82) is 0 Å². The Morgan fingerprint density at radius 3 is 2.89 bits per heavy atom. The summed E-state index contributed by atoms with van der Waals surface area (Å²) in [4.78, 5) is 2.79. The number of fused-ring (bicyclic) bond motifs is 1. The Bertz CT molecular complexity index is 590. The van der Waals surface area contributed by atoms with E-state index in [1.165, 1.54) is 27.3 Å². The maximum Gasteiger partial charge on any atom is 0.0408 e. The van der Waals surface area contributed by atoms with Gasteiger partial charge in [0.05, 0.1) is 0 Å². The van der Waals surface area contributed by atoms with Gasteiger partial charge in [-0.3, -0.25) is 0 Å². The predicted molar refractivity (Wildman–Crippen MR) is 83.1 cm³/mol. The minimum Gasteiger partial charge on any atom is -0.303 e. The summed E-state index contributed by atoms with van der Waals surface area (Å²) in [6.45, 7) is 4.41. The van der Waals surface area contributed by atoms with Crippen molar-refractivity contribution < 1.29 is 0 Å². The largest absolute Gasteiger partial charge is 0.303 e. The molecule has 2 unspecified atom stereocenters. The zero-order valence-corrected chi connectivity index (χ0v) is 12.8. The van der Waals surface area contributed by atoms with Crippen molar-refractivity contribution >= 4 is 22.9 Å². The summed E-state index contributed by atoms with van der Waals surface area (Å²) in [7, 11) is 0. The number of hydrogen-bond acceptors (Lipinski definition) is 2. The van der Waals surface area contributed by atoms with Gasteiger partial charge in [0.1, 0.15) is 0 Å². The van der Waals surface area contributed by atoms with Crippen LogP contribution in [0.15, 0.2) is 30.3 Å². The molecule has 0 spiro atoms. The highest BCUT2D eigenvalue weighted by molar-refractivity contribution is 7.12. The molecule has 1 heterocycles. The molecule has 3 heteroatoms. The average Bonchev–Trinajstić information content (AvgIpc) is 2.96. The van der Waals surface area contributed by atoms with Gasteiger partial charge < -0.3 is 5.32 Å². The molecule has 1 nitrogen and oxygen atoms in total. The van der Waals surface area contributed by atoms with Gasteiger partial charge in [0, 0.05) is 26.9 Å². The van der Waals surface area contributed by atoms with Gasteiger partial charge in [0.25, 0.3) is 0 Å². The number of benzene rings is 1. The summed E-state index contributed by atoms with van der Waals surface area (Å²) in [5, 5.41) is 4.60. The standard InChI is InChI=1S/C16H18ClNS/c1-10-3-8-16(19-10)11(2)18-15-7-4-12-9-13(17)5-6-14(12)15/h3,5-6,8-9,11,15,18H,4,7H2,1-2H3. The molecule has 0 fully saturated rings. The van der Waals surface area contributed by atoms with E-state index in [-0.39, 0.29) is 0 Å². The number of aryl methyl sites for hydroxylation is 2. The third-order valence-corrected chi connectivity index (χ3v) is 5.24. The van der Waals surface area contributed by atoms with Gasteiger partial charge in [0.15, 0.2) is 0 Å². The summed E-state index contributed by atoms with van der Waals surface area (Å²) in [5.74, 6) is 0. The number of nitrogens with one attached hydrogen (secondary N) is 1. The number of thiophene rings is 1. The molecule has 0 saturated heterocycles. The van der Waals surface area contributed by atoms with Gasteiger partial charge in [-0.15, -0.1) is 11.3 Å². The quantitative estimate of drug-likeness (QED) is 0.834. The average molecular weight is 292 g/mol. The highest BCUT2D eigenvalue weighted by Gasteiger charge is 2.24. The van der Waals surface area contributed by atoms with Crippen LogP contribution >= 0.6 is 22.9 Å². The van der Waals surface area contributed by atoms with Crippen LogP contribution in [-0.4, -0.2) is 0 Å². The number of hydrogen-bond donors (Lipinski definition) is 1. The first kappa shape index (κ1) is 13.2. The van der Waals surface area contributed by atoms with E-state index in [1.54, 1.807) is 0 Å². The molecule has 0 amide bonds. The van der Waals surface area contributed by atoms with Crippen molar-refractivity contribution in [2.45, 2.75) is 38.8 Å². The smallest absolute Gasteiger partial charge is 0.0408 e. The van der Waals surface area contributed by atoms with E-state index in [4.69, 9.17) is 11.6 Å². The van der Waals surface area contributed by atoms with Gasteiger partial charge in [-0.05, 0) is 62.1 Å². The van der Waals surface area contributed by atoms with E-state index in [2.05, 4.69) is 43.4 Å². The first-order chi connectivity index (χ1) is 9.13. The molecule has 0 aliphatic heterocycles. The van der Waals surface area contributed by atoms with E-state index in [9.17, 15) is 0 Å². The highest BCUT2D eigenvalue weighted by atomic mass is 35.5. The molecule has 0 radical (unpaired) electrons. The van der Waals surface area contributed by atoms with E-state index < -0.39 is 0 Å². The van der Waals surface area contributed by atoms with Crippen LogP contribution in [0.2, 0.25) is 5.02 Å². The van der Waals surface area contributed by atoms with Crippen LogP contribution < -0.4 is 5.32 Å². The zero-order valence-electron chi connectivity index (χ0n) is 11.2. The number of halogens is 1. The summed E-state index contributed by atoms with van der Waals surface area (Å²) in [6, 6.07) is 11.6. The van der Waals surface area contributed by atoms with Gasteiger partial charge in [0.2, 0.25) is 0 Å². The molecule has 2 atom stereocenters.